The van der Waals surface area contributed by atoms with Crippen LogP contribution < -0.4 is 10.0 Å². The Morgan fingerprint density at radius 3 is 2.44 bits per heavy atom. The van der Waals surface area contributed by atoms with Crippen LogP contribution in [0.2, 0.25) is 5.02 Å². The highest BCUT2D eigenvalue weighted by molar-refractivity contribution is 7.89. The molecule has 2 N–H and O–H groups in total. The molecular formula is C17H19ClN2O4S. The summed E-state index contributed by atoms with van der Waals surface area (Å²) in [7, 11) is -2.02. The van der Waals surface area contributed by atoms with E-state index in [-0.39, 0.29) is 10.8 Å². The Kier molecular flexibility index (Phi) is 6.95. The highest BCUT2D eigenvalue weighted by Gasteiger charge is 2.14. The molecule has 25 heavy (non-hydrogen) atoms. The Morgan fingerprint density at radius 1 is 1.12 bits per heavy atom. The van der Waals surface area contributed by atoms with Gasteiger partial charge in [-0.3, -0.25) is 4.79 Å². The van der Waals surface area contributed by atoms with Gasteiger partial charge in [0.05, 0.1) is 15.5 Å². The summed E-state index contributed by atoms with van der Waals surface area (Å²) in [6.45, 7) is 0.775. The van der Waals surface area contributed by atoms with Crippen LogP contribution in [0.5, 0.6) is 0 Å². The molecule has 0 spiro atoms. The van der Waals surface area contributed by atoms with Crippen molar-refractivity contribution in [3.63, 3.8) is 0 Å². The maximum Gasteiger partial charge on any atom is 0.257 e. The van der Waals surface area contributed by atoms with Gasteiger partial charge in [0.25, 0.3) is 5.91 Å². The molecule has 8 heteroatoms. The number of hydrogen-bond donors (Lipinski definition) is 2. The summed E-state index contributed by atoms with van der Waals surface area (Å²) in [6, 6.07) is 12.6. The number of ether oxygens (including phenoxy) is 1. The Labute approximate surface area is 152 Å². The summed E-state index contributed by atoms with van der Waals surface area (Å²) in [6.07, 6.45) is 0.585. The Balaban J connectivity index is 2.02. The van der Waals surface area contributed by atoms with Crippen LogP contribution in [0.1, 0.15) is 16.8 Å². The van der Waals surface area contributed by atoms with E-state index >= 15 is 0 Å². The fourth-order valence-corrected chi connectivity index (χ4v) is 3.36. The number of methoxy groups -OCH3 is 1. The molecule has 2 aromatic rings. The van der Waals surface area contributed by atoms with Gasteiger partial charge in [0.2, 0.25) is 10.0 Å². The van der Waals surface area contributed by atoms with Crippen LogP contribution in [0.3, 0.4) is 0 Å². The van der Waals surface area contributed by atoms with Crippen molar-refractivity contribution in [1.82, 2.24) is 4.72 Å². The van der Waals surface area contributed by atoms with E-state index in [1.807, 2.05) is 0 Å². The largest absolute Gasteiger partial charge is 0.385 e. The minimum Gasteiger partial charge on any atom is -0.385 e. The zero-order valence-electron chi connectivity index (χ0n) is 13.7. The molecule has 0 saturated carbocycles. The molecule has 0 aliphatic carbocycles. The van der Waals surface area contributed by atoms with Gasteiger partial charge in [-0.2, -0.15) is 0 Å². The molecule has 0 saturated heterocycles. The van der Waals surface area contributed by atoms with Crippen molar-refractivity contribution >= 4 is 33.2 Å². The van der Waals surface area contributed by atoms with E-state index in [1.54, 1.807) is 31.4 Å². The highest BCUT2D eigenvalue weighted by atomic mass is 35.5. The van der Waals surface area contributed by atoms with Crippen LogP contribution in [0, 0.1) is 0 Å². The SMILES string of the molecule is COCCCNS(=O)(=O)c1ccc(NC(=O)c2ccccc2Cl)cc1. The van der Waals surface area contributed by atoms with Crippen molar-refractivity contribution in [3.05, 3.63) is 59.1 Å². The Bertz CT molecular complexity index is 823. The number of benzene rings is 2. The molecule has 0 bridgehead atoms. The van der Waals surface area contributed by atoms with Gasteiger partial charge in [-0.05, 0) is 42.8 Å². The zero-order valence-corrected chi connectivity index (χ0v) is 15.2. The number of amides is 1. The first-order valence-electron chi connectivity index (χ1n) is 7.58. The third kappa shape index (κ3) is 5.54. The van der Waals surface area contributed by atoms with Crippen molar-refractivity contribution in [3.8, 4) is 0 Å². The third-order valence-corrected chi connectivity index (χ3v) is 5.16. The van der Waals surface area contributed by atoms with E-state index in [1.165, 1.54) is 24.3 Å². The second-order valence-corrected chi connectivity index (χ2v) is 7.38. The number of carbonyl (C=O) groups excluding carboxylic acids is 1. The molecule has 2 aromatic carbocycles. The van der Waals surface area contributed by atoms with Gasteiger partial charge in [-0.1, -0.05) is 23.7 Å². The molecule has 0 heterocycles. The number of halogens is 1. The van der Waals surface area contributed by atoms with Gasteiger partial charge in [0.1, 0.15) is 0 Å². The molecule has 0 unspecified atom stereocenters. The molecule has 0 atom stereocenters. The molecule has 0 radical (unpaired) electrons. The normalized spacial score (nSPS) is 11.3. The molecule has 0 aliphatic heterocycles. The summed E-state index contributed by atoms with van der Waals surface area (Å²) in [4.78, 5) is 12.3. The fraction of sp³-hybridized carbons (Fsp3) is 0.235. The molecule has 0 aromatic heterocycles. The Morgan fingerprint density at radius 2 is 1.80 bits per heavy atom. The number of carbonyl (C=O) groups is 1. The third-order valence-electron chi connectivity index (χ3n) is 3.36. The van der Waals surface area contributed by atoms with Crippen LogP contribution in [-0.2, 0) is 14.8 Å². The number of anilines is 1. The lowest BCUT2D eigenvalue weighted by atomic mass is 10.2. The van der Waals surface area contributed by atoms with E-state index < -0.39 is 10.0 Å². The maximum atomic E-state index is 12.2. The van der Waals surface area contributed by atoms with Gasteiger partial charge in [-0.25, -0.2) is 13.1 Å². The lowest BCUT2D eigenvalue weighted by Gasteiger charge is -2.09. The van der Waals surface area contributed by atoms with Gasteiger partial charge in [-0.15, -0.1) is 0 Å². The number of hydrogen-bond acceptors (Lipinski definition) is 4. The van der Waals surface area contributed by atoms with Gasteiger partial charge in [0, 0.05) is 25.9 Å². The summed E-state index contributed by atoms with van der Waals surface area (Å²) in [5.74, 6) is -0.362. The zero-order chi connectivity index (χ0) is 18.3. The molecule has 134 valence electrons. The lowest BCUT2D eigenvalue weighted by Crippen LogP contribution is -2.25. The quantitative estimate of drug-likeness (QED) is 0.687. The smallest absolute Gasteiger partial charge is 0.257 e. The number of nitrogens with one attached hydrogen (secondary N) is 2. The number of sulfonamides is 1. The standard InChI is InChI=1S/C17H19ClN2O4S/c1-24-12-4-11-19-25(22,23)14-9-7-13(8-10-14)20-17(21)15-5-2-3-6-16(15)18/h2-3,5-10,19H,4,11-12H2,1H3,(H,20,21). The monoisotopic (exact) mass is 382 g/mol. The summed E-state index contributed by atoms with van der Waals surface area (Å²) >= 11 is 5.98. The van der Waals surface area contributed by atoms with E-state index in [0.29, 0.717) is 35.8 Å². The van der Waals surface area contributed by atoms with Crippen LogP contribution in [0.15, 0.2) is 53.4 Å². The average molecular weight is 383 g/mol. The summed E-state index contributed by atoms with van der Waals surface area (Å²) in [5, 5.41) is 3.03. The van der Waals surface area contributed by atoms with Crippen molar-refractivity contribution in [2.24, 2.45) is 0 Å². The molecule has 6 nitrogen and oxygen atoms in total. The maximum absolute atomic E-state index is 12.2. The first-order chi connectivity index (χ1) is 11.9. The van der Waals surface area contributed by atoms with Crippen molar-refractivity contribution in [1.29, 1.82) is 0 Å². The summed E-state index contributed by atoms with van der Waals surface area (Å²) in [5.41, 5.74) is 0.823. The highest BCUT2D eigenvalue weighted by Crippen LogP contribution is 2.18. The van der Waals surface area contributed by atoms with Crippen LogP contribution in [-0.4, -0.2) is 34.6 Å². The van der Waals surface area contributed by atoms with Crippen LogP contribution in [0.25, 0.3) is 0 Å². The van der Waals surface area contributed by atoms with Crippen LogP contribution >= 0.6 is 11.6 Å². The lowest BCUT2D eigenvalue weighted by molar-refractivity contribution is 0.102. The predicted molar refractivity (Wildman–Crippen MR) is 97.5 cm³/mol. The minimum absolute atomic E-state index is 0.126. The first-order valence-corrected chi connectivity index (χ1v) is 9.45. The van der Waals surface area contributed by atoms with Crippen LogP contribution in [0.4, 0.5) is 5.69 Å². The Hall–Kier alpha value is -1.93. The first kappa shape index (κ1) is 19.4. The summed E-state index contributed by atoms with van der Waals surface area (Å²) < 4.78 is 31.6. The van der Waals surface area contributed by atoms with Gasteiger partial charge in [0.15, 0.2) is 0 Å². The van der Waals surface area contributed by atoms with Gasteiger partial charge < -0.3 is 10.1 Å². The molecular weight excluding hydrogens is 364 g/mol. The second-order valence-electron chi connectivity index (χ2n) is 5.20. The van der Waals surface area contributed by atoms with Gasteiger partial charge >= 0.3 is 0 Å². The number of rotatable bonds is 8. The van der Waals surface area contributed by atoms with Crippen molar-refractivity contribution in [2.45, 2.75) is 11.3 Å². The van der Waals surface area contributed by atoms with Crippen molar-refractivity contribution in [2.75, 3.05) is 25.6 Å². The predicted octanol–water partition coefficient (Wildman–Crippen LogP) is 2.91. The molecule has 0 aliphatic rings. The van der Waals surface area contributed by atoms with E-state index in [4.69, 9.17) is 16.3 Å². The fourth-order valence-electron chi connectivity index (χ4n) is 2.07. The average Bonchev–Trinajstić information content (AvgIpc) is 2.59. The van der Waals surface area contributed by atoms with E-state index in [0.717, 1.165) is 0 Å². The van der Waals surface area contributed by atoms with E-state index in [2.05, 4.69) is 10.0 Å². The molecule has 1 amide bonds. The molecule has 2 rings (SSSR count). The van der Waals surface area contributed by atoms with Crippen molar-refractivity contribution < 1.29 is 17.9 Å². The molecule has 0 fully saturated rings. The minimum atomic E-state index is -3.58. The second kappa shape index (κ2) is 8.96. The van der Waals surface area contributed by atoms with E-state index in [9.17, 15) is 13.2 Å². The topological polar surface area (TPSA) is 84.5 Å².